The number of esters is 2. The van der Waals surface area contributed by atoms with E-state index in [0.717, 1.165) is 33.9 Å². The minimum absolute atomic E-state index is 0.166. The third kappa shape index (κ3) is 7.25. The maximum Gasteiger partial charge on any atom is 0.348 e. The van der Waals surface area contributed by atoms with Crippen LogP contribution in [0.3, 0.4) is 0 Å². The molecule has 0 bridgehead atoms. The largest absolute Gasteiger partial charge is 0.462 e. The molecule has 0 aliphatic rings. The molecule has 8 nitrogen and oxygen atoms in total. The summed E-state index contributed by atoms with van der Waals surface area (Å²) >= 11 is 2.45. The van der Waals surface area contributed by atoms with Gasteiger partial charge < -0.3 is 19.8 Å². The van der Waals surface area contributed by atoms with Crippen molar-refractivity contribution in [3.8, 4) is 22.5 Å². The number of thioether (sulfide) groups is 1. The molecule has 2 aromatic heterocycles. The number of ether oxygens (including phenoxy) is 2. The number of imidazole rings is 1. The molecule has 4 rings (SSSR count). The van der Waals surface area contributed by atoms with E-state index in [2.05, 4.69) is 65.8 Å². The number of carbonyl (C=O) groups excluding carboxylic acids is 3. The number of amides is 1. The second-order valence-electron chi connectivity index (χ2n) is 9.35. The SMILES string of the molecule is CCOC(=O)c1sc(NC(=O)CCSc2nc(-c3ccc(C)cc3)c(-c3ccc(C)cc3)[nH]2)c(C(=O)OCC)c1C. The van der Waals surface area contributed by atoms with Crippen molar-refractivity contribution in [1.29, 1.82) is 0 Å². The summed E-state index contributed by atoms with van der Waals surface area (Å²) in [4.78, 5) is 46.5. The van der Waals surface area contributed by atoms with Crippen LogP contribution in [-0.4, -0.2) is 46.8 Å². The van der Waals surface area contributed by atoms with E-state index in [0.29, 0.717) is 16.5 Å². The second-order valence-corrected chi connectivity index (χ2v) is 11.4. The molecule has 0 aliphatic carbocycles. The minimum atomic E-state index is -0.593. The van der Waals surface area contributed by atoms with Crippen molar-refractivity contribution in [2.75, 3.05) is 24.3 Å². The minimum Gasteiger partial charge on any atom is -0.462 e. The Hall–Kier alpha value is -3.89. The van der Waals surface area contributed by atoms with Gasteiger partial charge in [-0.3, -0.25) is 4.79 Å². The fourth-order valence-electron chi connectivity index (χ4n) is 4.14. The molecular formula is C31H33N3O5S2. The first-order valence-electron chi connectivity index (χ1n) is 13.4. The lowest BCUT2D eigenvalue weighted by Gasteiger charge is -2.07. The lowest BCUT2D eigenvalue weighted by atomic mass is 10.0. The molecule has 0 unspecified atom stereocenters. The van der Waals surface area contributed by atoms with Crippen LogP contribution in [0.1, 0.15) is 57.0 Å². The fraction of sp³-hybridized carbons (Fsp3) is 0.290. The van der Waals surface area contributed by atoms with Gasteiger partial charge in [-0.05, 0) is 40.2 Å². The molecule has 2 N–H and O–H groups in total. The van der Waals surface area contributed by atoms with E-state index < -0.39 is 11.9 Å². The topological polar surface area (TPSA) is 110 Å². The van der Waals surface area contributed by atoms with Gasteiger partial charge in [-0.25, -0.2) is 14.6 Å². The van der Waals surface area contributed by atoms with Crippen LogP contribution in [0.15, 0.2) is 53.7 Å². The molecular weight excluding hydrogens is 558 g/mol. The van der Waals surface area contributed by atoms with Gasteiger partial charge in [0.25, 0.3) is 0 Å². The zero-order chi connectivity index (χ0) is 29.5. The number of anilines is 1. The fourth-order valence-corrected chi connectivity index (χ4v) is 6.06. The number of aromatic amines is 1. The zero-order valence-corrected chi connectivity index (χ0v) is 25.4. The maximum atomic E-state index is 12.9. The number of thiophene rings is 1. The summed E-state index contributed by atoms with van der Waals surface area (Å²) in [5, 5.41) is 3.78. The van der Waals surface area contributed by atoms with Gasteiger partial charge in [0.1, 0.15) is 9.88 Å². The van der Waals surface area contributed by atoms with Crippen LogP contribution < -0.4 is 5.32 Å². The van der Waals surface area contributed by atoms with Crippen LogP contribution >= 0.6 is 23.1 Å². The number of H-pyrrole nitrogens is 1. The van der Waals surface area contributed by atoms with Gasteiger partial charge in [0.15, 0.2) is 5.16 Å². The molecule has 214 valence electrons. The number of aromatic nitrogens is 2. The van der Waals surface area contributed by atoms with Crippen LogP contribution in [0.2, 0.25) is 0 Å². The molecule has 0 spiro atoms. The predicted octanol–water partition coefficient (Wildman–Crippen LogP) is 7.20. The standard InChI is InChI=1S/C31H33N3O5S2/c1-6-38-29(36)24-20(5)27(30(37)39-7-2)41-28(24)32-23(35)16-17-40-31-33-25(21-12-8-18(3)9-13-21)26(34-31)22-14-10-19(4)11-15-22/h8-15H,6-7,16-17H2,1-5H3,(H,32,35)(H,33,34). The highest BCUT2D eigenvalue weighted by Gasteiger charge is 2.27. The van der Waals surface area contributed by atoms with Crippen molar-refractivity contribution < 1.29 is 23.9 Å². The van der Waals surface area contributed by atoms with Gasteiger partial charge in [-0.1, -0.05) is 71.4 Å². The molecule has 0 fully saturated rings. The molecule has 4 aromatic rings. The van der Waals surface area contributed by atoms with Crippen LogP contribution in [0, 0.1) is 20.8 Å². The van der Waals surface area contributed by atoms with Crippen molar-refractivity contribution in [3.63, 3.8) is 0 Å². The Labute approximate surface area is 247 Å². The number of hydrogen-bond donors (Lipinski definition) is 2. The summed E-state index contributed by atoms with van der Waals surface area (Å²) in [6.45, 7) is 9.53. The molecule has 0 aliphatic heterocycles. The average Bonchev–Trinajstić information content (AvgIpc) is 3.51. The number of hydrogen-bond acceptors (Lipinski definition) is 8. The smallest absolute Gasteiger partial charge is 0.348 e. The molecule has 0 radical (unpaired) electrons. The monoisotopic (exact) mass is 591 g/mol. The molecule has 41 heavy (non-hydrogen) atoms. The van der Waals surface area contributed by atoms with E-state index in [-0.39, 0.29) is 41.0 Å². The Balaban J connectivity index is 1.49. The van der Waals surface area contributed by atoms with Crippen LogP contribution in [0.5, 0.6) is 0 Å². The van der Waals surface area contributed by atoms with Crippen molar-refractivity contribution >= 4 is 45.9 Å². The predicted molar refractivity (Wildman–Crippen MR) is 164 cm³/mol. The zero-order valence-electron chi connectivity index (χ0n) is 23.8. The van der Waals surface area contributed by atoms with Gasteiger partial charge in [0.2, 0.25) is 5.91 Å². The molecule has 10 heteroatoms. The summed E-state index contributed by atoms with van der Waals surface area (Å²) < 4.78 is 10.3. The van der Waals surface area contributed by atoms with Gasteiger partial charge in [-0.15, -0.1) is 11.3 Å². The van der Waals surface area contributed by atoms with Gasteiger partial charge in [0, 0.05) is 23.3 Å². The van der Waals surface area contributed by atoms with Crippen molar-refractivity contribution in [2.45, 2.75) is 46.2 Å². The maximum absolute atomic E-state index is 12.9. The first-order valence-corrected chi connectivity index (χ1v) is 15.2. The Morgan fingerprint density at radius 3 is 2.07 bits per heavy atom. The number of nitrogens with one attached hydrogen (secondary N) is 2. The average molecular weight is 592 g/mol. The van der Waals surface area contributed by atoms with Crippen LogP contribution in [0.25, 0.3) is 22.5 Å². The molecule has 1 amide bonds. The third-order valence-corrected chi connectivity index (χ3v) is 8.32. The summed E-state index contributed by atoms with van der Waals surface area (Å²) in [5.41, 5.74) is 6.75. The quantitative estimate of drug-likeness (QED) is 0.140. The van der Waals surface area contributed by atoms with Gasteiger partial charge in [0.05, 0.1) is 30.2 Å². The van der Waals surface area contributed by atoms with Gasteiger partial charge >= 0.3 is 11.9 Å². The number of aryl methyl sites for hydroxylation is 2. The Morgan fingerprint density at radius 1 is 0.878 bits per heavy atom. The lowest BCUT2D eigenvalue weighted by Crippen LogP contribution is -2.15. The van der Waals surface area contributed by atoms with E-state index in [1.165, 1.54) is 22.9 Å². The Kier molecular flexibility index (Phi) is 10.0. The highest BCUT2D eigenvalue weighted by atomic mass is 32.2. The number of rotatable bonds is 11. The highest BCUT2D eigenvalue weighted by Crippen LogP contribution is 2.35. The highest BCUT2D eigenvalue weighted by molar-refractivity contribution is 7.99. The Morgan fingerprint density at radius 2 is 1.46 bits per heavy atom. The summed E-state index contributed by atoms with van der Waals surface area (Å²) in [5.74, 6) is -0.972. The summed E-state index contributed by atoms with van der Waals surface area (Å²) in [7, 11) is 0. The van der Waals surface area contributed by atoms with E-state index in [9.17, 15) is 14.4 Å². The lowest BCUT2D eigenvalue weighted by molar-refractivity contribution is -0.115. The normalized spacial score (nSPS) is 10.9. The number of benzene rings is 2. The van der Waals surface area contributed by atoms with Crippen molar-refractivity contribution in [2.24, 2.45) is 0 Å². The third-order valence-electron chi connectivity index (χ3n) is 6.26. The first kappa shape index (κ1) is 30.1. The Bertz CT molecular complexity index is 1480. The molecule has 0 atom stereocenters. The molecule has 0 saturated carbocycles. The molecule has 0 saturated heterocycles. The first-order chi connectivity index (χ1) is 19.7. The van der Waals surface area contributed by atoms with Crippen molar-refractivity contribution in [3.05, 3.63) is 75.7 Å². The van der Waals surface area contributed by atoms with E-state index >= 15 is 0 Å². The number of nitrogens with zero attached hydrogens (tertiary/aromatic N) is 1. The van der Waals surface area contributed by atoms with Gasteiger partial charge in [-0.2, -0.15) is 0 Å². The molecule has 2 aromatic carbocycles. The van der Waals surface area contributed by atoms with Crippen LogP contribution in [0.4, 0.5) is 5.00 Å². The second kappa shape index (κ2) is 13.6. The molecule has 2 heterocycles. The van der Waals surface area contributed by atoms with E-state index in [4.69, 9.17) is 14.5 Å². The van der Waals surface area contributed by atoms with E-state index in [1.54, 1.807) is 20.8 Å². The number of carbonyl (C=O) groups is 3. The van der Waals surface area contributed by atoms with E-state index in [1.807, 2.05) is 6.92 Å². The van der Waals surface area contributed by atoms with Crippen molar-refractivity contribution in [1.82, 2.24) is 9.97 Å². The summed E-state index contributed by atoms with van der Waals surface area (Å²) in [6, 6.07) is 16.5. The van der Waals surface area contributed by atoms with Crippen LogP contribution in [-0.2, 0) is 14.3 Å². The summed E-state index contributed by atoms with van der Waals surface area (Å²) in [6.07, 6.45) is 0.166.